The second-order valence-corrected chi connectivity index (χ2v) is 6.92. The second-order valence-electron chi connectivity index (χ2n) is 6.48. The van der Waals surface area contributed by atoms with Gasteiger partial charge in [0.25, 0.3) is 5.91 Å². The molecular formula is C19H18ClN5O. The highest BCUT2D eigenvalue weighted by molar-refractivity contribution is 6.30. The molecule has 1 N–H and O–H groups in total. The van der Waals surface area contributed by atoms with Crippen molar-refractivity contribution < 1.29 is 4.79 Å². The predicted octanol–water partition coefficient (Wildman–Crippen LogP) is 2.95. The van der Waals surface area contributed by atoms with Crippen molar-refractivity contribution in [2.45, 2.75) is 13.0 Å². The van der Waals surface area contributed by atoms with Crippen LogP contribution in [0.2, 0.25) is 5.02 Å². The molecule has 1 unspecified atom stereocenters. The van der Waals surface area contributed by atoms with Crippen molar-refractivity contribution in [3.8, 4) is 0 Å². The number of nitrogens with zero attached hydrogens (tertiary/aromatic N) is 4. The normalized spacial score (nSPS) is 16.2. The van der Waals surface area contributed by atoms with Crippen molar-refractivity contribution in [2.75, 3.05) is 4.90 Å². The lowest BCUT2D eigenvalue weighted by molar-refractivity contribution is 0.0988. The topological polar surface area (TPSA) is 66.9 Å². The number of amides is 1. The van der Waals surface area contributed by atoms with Gasteiger partial charge in [-0.1, -0.05) is 23.7 Å². The van der Waals surface area contributed by atoms with Gasteiger partial charge in [-0.05, 0) is 36.8 Å². The van der Waals surface area contributed by atoms with Crippen LogP contribution in [-0.2, 0) is 14.1 Å². The monoisotopic (exact) mass is 367 g/mol. The zero-order chi connectivity index (χ0) is 18.6. The SMILES string of the molecule is Cc1c2c(nn1C)C(=O)N(c1ccc(=N)n(C)c1)C2c1ccc(Cl)cc1. The maximum atomic E-state index is 13.2. The van der Waals surface area contributed by atoms with Crippen molar-refractivity contribution in [1.82, 2.24) is 14.3 Å². The summed E-state index contributed by atoms with van der Waals surface area (Å²) in [4.78, 5) is 14.9. The van der Waals surface area contributed by atoms with E-state index in [1.54, 1.807) is 39.5 Å². The fourth-order valence-electron chi connectivity index (χ4n) is 3.43. The van der Waals surface area contributed by atoms with Gasteiger partial charge in [-0.3, -0.25) is 19.8 Å². The Kier molecular flexibility index (Phi) is 3.73. The summed E-state index contributed by atoms with van der Waals surface area (Å²) in [6.07, 6.45) is 1.80. The third-order valence-corrected chi connectivity index (χ3v) is 5.17. The number of nitrogens with one attached hydrogen (secondary N) is 1. The van der Waals surface area contributed by atoms with E-state index in [4.69, 9.17) is 17.0 Å². The molecule has 0 saturated carbocycles. The maximum absolute atomic E-state index is 13.2. The molecule has 1 aliphatic rings. The number of carbonyl (C=O) groups excluding carboxylic acids is 1. The Hall–Kier alpha value is -2.86. The fourth-order valence-corrected chi connectivity index (χ4v) is 3.56. The van der Waals surface area contributed by atoms with Crippen LogP contribution >= 0.6 is 11.6 Å². The van der Waals surface area contributed by atoms with Crippen LogP contribution in [0.4, 0.5) is 5.69 Å². The van der Waals surface area contributed by atoms with E-state index in [1.807, 2.05) is 38.2 Å². The highest BCUT2D eigenvalue weighted by Gasteiger charge is 2.43. The molecule has 132 valence electrons. The minimum atomic E-state index is -0.278. The number of anilines is 1. The van der Waals surface area contributed by atoms with Crippen molar-refractivity contribution in [3.63, 3.8) is 0 Å². The van der Waals surface area contributed by atoms with Gasteiger partial charge in [-0.25, -0.2) is 0 Å². The zero-order valence-corrected chi connectivity index (χ0v) is 15.4. The number of carbonyl (C=O) groups is 1. The van der Waals surface area contributed by atoms with Crippen molar-refractivity contribution in [3.05, 3.63) is 75.6 Å². The lowest BCUT2D eigenvalue weighted by atomic mass is 9.99. The summed E-state index contributed by atoms with van der Waals surface area (Å²) >= 11 is 6.05. The molecule has 3 heterocycles. The Bertz CT molecular complexity index is 1080. The van der Waals surface area contributed by atoms with Crippen molar-refractivity contribution >= 4 is 23.2 Å². The molecule has 1 amide bonds. The average Bonchev–Trinajstić information content (AvgIpc) is 3.06. The lowest BCUT2D eigenvalue weighted by Crippen LogP contribution is -2.31. The number of hydrogen-bond donors (Lipinski definition) is 1. The molecular weight excluding hydrogens is 350 g/mol. The smallest absolute Gasteiger partial charge is 0.280 e. The van der Waals surface area contributed by atoms with Crippen LogP contribution in [-0.4, -0.2) is 20.3 Å². The third kappa shape index (κ3) is 2.37. The summed E-state index contributed by atoms with van der Waals surface area (Å²) in [6.45, 7) is 1.97. The van der Waals surface area contributed by atoms with Crippen molar-refractivity contribution in [2.24, 2.45) is 14.1 Å². The molecule has 0 radical (unpaired) electrons. The minimum absolute atomic E-state index is 0.138. The van der Waals surface area contributed by atoms with E-state index in [2.05, 4.69) is 5.10 Å². The number of aryl methyl sites for hydroxylation is 2. The first-order valence-corrected chi connectivity index (χ1v) is 8.60. The molecule has 0 bridgehead atoms. The Morgan fingerprint density at radius 2 is 1.81 bits per heavy atom. The molecule has 1 aliphatic heterocycles. The molecule has 1 atom stereocenters. The highest BCUT2D eigenvalue weighted by atomic mass is 35.5. The Morgan fingerprint density at radius 1 is 1.12 bits per heavy atom. The van der Waals surface area contributed by atoms with E-state index in [1.165, 1.54) is 0 Å². The van der Waals surface area contributed by atoms with Gasteiger partial charge in [0, 0.05) is 36.6 Å². The van der Waals surface area contributed by atoms with E-state index in [9.17, 15) is 4.79 Å². The Labute approximate surface area is 155 Å². The molecule has 0 aliphatic carbocycles. The van der Waals surface area contributed by atoms with Gasteiger partial charge in [0.15, 0.2) is 5.69 Å². The number of benzene rings is 1. The van der Waals surface area contributed by atoms with Crippen LogP contribution in [0.1, 0.15) is 33.4 Å². The van der Waals surface area contributed by atoms with E-state index in [0.717, 1.165) is 22.5 Å². The summed E-state index contributed by atoms with van der Waals surface area (Å²) in [5.41, 5.74) is 4.41. The molecule has 0 fully saturated rings. The van der Waals surface area contributed by atoms with E-state index in [-0.39, 0.29) is 11.9 Å². The first kappa shape index (κ1) is 16.6. The Morgan fingerprint density at radius 3 is 2.46 bits per heavy atom. The number of hydrogen-bond acceptors (Lipinski definition) is 3. The van der Waals surface area contributed by atoms with Crippen LogP contribution in [0.15, 0.2) is 42.6 Å². The maximum Gasteiger partial charge on any atom is 0.280 e. The number of fused-ring (bicyclic) bond motifs is 1. The number of pyridine rings is 1. The van der Waals surface area contributed by atoms with Gasteiger partial charge < -0.3 is 4.57 Å². The molecule has 6 nitrogen and oxygen atoms in total. The van der Waals surface area contributed by atoms with Gasteiger partial charge >= 0.3 is 0 Å². The molecule has 1 aromatic carbocycles. The van der Waals surface area contributed by atoms with Crippen LogP contribution in [0.25, 0.3) is 0 Å². The summed E-state index contributed by atoms with van der Waals surface area (Å²) in [6, 6.07) is 10.7. The first-order valence-electron chi connectivity index (χ1n) is 8.22. The first-order chi connectivity index (χ1) is 12.4. The number of halogens is 1. The molecule has 2 aromatic heterocycles. The minimum Gasteiger partial charge on any atom is -0.334 e. The van der Waals surface area contributed by atoms with Crippen LogP contribution < -0.4 is 10.4 Å². The predicted molar refractivity (Wildman–Crippen MR) is 99.3 cm³/mol. The molecule has 0 spiro atoms. The molecule has 3 aromatic rings. The molecule has 4 rings (SSSR count). The number of aromatic nitrogens is 3. The Balaban J connectivity index is 1.94. The summed E-state index contributed by atoms with van der Waals surface area (Å²) in [5, 5.41) is 13.0. The van der Waals surface area contributed by atoms with E-state index in [0.29, 0.717) is 16.2 Å². The van der Waals surface area contributed by atoms with Crippen molar-refractivity contribution in [1.29, 1.82) is 5.41 Å². The van der Waals surface area contributed by atoms with Gasteiger partial charge in [0.05, 0.1) is 11.7 Å². The summed E-state index contributed by atoms with van der Waals surface area (Å²) in [5.74, 6) is -0.138. The third-order valence-electron chi connectivity index (χ3n) is 4.92. The van der Waals surface area contributed by atoms with Gasteiger partial charge in [0.1, 0.15) is 5.49 Å². The summed E-state index contributed by atoms with van der Waals surface area (Å²) < 4.78 is 3.43. The van der Waals surface area contributed by atoms with Gasteiger partial charge in [-0.2, -0.15) is 5.10 Å². The summed E-state index contributed by atoms with van der Waals surface area (Å²) in [7, 11) is 3.64. The fraction of sp³-hybridized carbons (Fsp3) is 0.211. The standard InChI is InChI=1S/C19H18ClN5O/c1-11-16-17(22-24(11)3)19(26)25(14-8-9-15(21)23(2)10-14)18(16)12-4-6-13(20)7-5-12/h4-10,18,21H,1-3H3. The van der Waals surface area contributed by atoms with Crippen LogP contribution in [0.5, 0.6) is 0 Å². The quantitative estimate of drug-likeness (QED) is 0.756. The number of rotatable bonds is 2. The average molecular weight is 368 g/mol. The second kappa shape index (κ2) is 5.85. The molecule has 0 saturated heterocycles. The zero-order valence-electron chi connectivity index (χ0n) is 14.7. The molecule has 7 heteroatoms. The highest BCUT2D eigenvalue weighted by Crippen LogP contribution is 2.42. The van der Waals surface area contributed by atoms with Gasteiger partial charge in [0.2, 0.25) is 0 Å². The van der Waals surface area contributed by atoms with E-state index < -0.39 is 0 Å². The van der Waals surface area contributed by atoms with Crippen LogP contribution in [0, 0.1) is 12.3 Å². The van der Waals surface area contributed by atoms with Crippen LogP contribution in [0.3, 0.4) is 0 Å². The lowest BCUT2D eigenvalue weighted by Gasteiger charge is -2.27. The molecule has 26 heavy (non-hydrogen) atoms. The van der Waals surface area contributed by atoms with E-state index >= 15 is 0 Å². The van der Waals surface area contributed by atoms with Gasteiger partial charge in [-0.15, -0.1) is 0 Å². The largest absolute Gasteiger partial charge is 0.334 e.